The Balaban J connectivity index is 2.06. The minimum Gasteiger partial charge on any atom is -0.316 e. The Kier molecular flexibility index (Phi) is 4.63. The van der Waals surface area contributed by atoms with Gasteiger partial charge in [-0.05, 0) is 37.1 Å². The number of halogens is 2. The molecule has 0 radical (unpaired) electrons. The Morgan fingerprint density at radius 3 is 2.37 bits per heavy atom. The lowest BCUT2D eigenvalue weighted by atomic mass is 9.99. The predicted octanol–water partition coefficient (Wildman–Crippen LogP) is 3.34. The van der Waals surface area contributed by atoms with Gasteiger partial charge in [-0.1, -0.05) is 36.4 Å². The fourth-order valence-corrected chi connectivity index (χ4v) is 2.13. The molecule has 1 atom stereocenters. The van der Waals surface area contributed by atoms with Crippen LogP contribution in [0.2, 0.25) is 0 Å². The van der Waals surface area contributed by atoms with Crippen LogP contribution in [0.25, 0.3) is 0 Å². The standard InChI is InChI=1S/C16H17F2N/c1-19-15(9-12-5-3-2-4-6-12)10-13-7-8-14(17)11-16(13)18/h2-8,11,15,19H,9-10H2,1H3. The van der Waals surface area contributed by atoms with Crippen molar-refractivity contribution in [1.82, 2.24) is 5.32 Å². The Labute approximate surface area is 112 Å². The van der Waals surface area contributed by atoms with Crippen molar-refractivity contribution >= 4 is 0 Å². The SMILES string of the molecule is CNC(Cc1ccccc1)Cc1ccc(F)cc1F. The quantitative estimate of drug-likeness (QED) is 0.870. The number of likely N-dealkylation sites (N-methyl/N-ethyl adjacent to an activating group) is 1. The minimum atomic E-state index is -0.537. The molecule has 0 aromatic heterocycles. The van der Waals surface area contributed by atoms with E-state index in [1.807, 2.05) is 37.4 Å². The maximum atomic E-state index is 13.6. The summed E-state index contributed by atoms with van der Waals surface area (Å²) in [5, 5.41) is 3.18. The molecular weight excluding hydrogens is 244 g/mol. The lowest BCUT2D eigenvalue weighted by Gasteiger charge is -2.16. The Hall–Kier alpha value is -1.74. The van der Waals surface area contributed by atoms with Gasteiger partial charge >= 0.3 is 0 Å². The zero-order chi connectivity index (χ0) is 13.7. The number of benzene rings is 2. The van der Waals surface area contributed by atoms with E-state index in [4.69, 9.17) is 0 Å². The van der Waals surface area contributed by atoms with Gasteiger partial charge in [0.25, 0.3) is 0 Å². The summed E-state index contributed by atoms with van der Waals surface area (Å²) in [5.41, 5.74) is 1.74. The van der Waals surface area contributed by atoms with E-state index >= 15 is 0 Å². The van der Waals surface area contributed by atoms with Crippen LogP contribution in [0.5, 0.6) is 0 Å². The molecule has 1 N–H and O–H groups in total. The van der Waals surface area contributed by atoms with E-state index in [9.17, 15) is 8.78 Å². The number of hydrogen-bond donors (Lipinski definition) is 1. The molecule has 3 heteroatoms. The summed E-state index contributed by atoms with van der Waals surface area (Å²) in [6, 6.07) is 13.9. The van der Waals surface area contributed by atoms with Crippen molar-refractivity contribution in [2.45, 2.75) is 18.9 Å². The van der Waals surface area contributed by atoms with Crippen LogP contribution in [0.1, 0.15) is 11.1 Å². The molecule has 0 spiro atoms. The molecule has 2 aromatic rings. The minimum absolute atomic E-state index is 0.127. The predicted molar refractivity (Wildman–Crippen MR) is 73.1 cm³/mol. The van der Waals surface area contributed by atoms with E-state index < -0.39 is 11.6 Å². The second kappa shape index (κ2) is 6.43. The largest absolute Gasteiger partial charge is 0.316 e. The molecule has 19 heavy (non-hydrogen) atoms. The van der Waals surface area contributed by atoms with Gasteiger partial charge in [0.2, 0.25) is 0 Å². The van der Waals surface area contributed by atoms with Crippen LogP contribution in [-0.4, -0.2) is 13.1 Å². The molecule has 2 aromatic carbocycles. The number of nitrogens with one attached hydrogen (secondary N) is 1. The van der Waals surface area contributed by atoms with Crippen molar-refractivity contribution in [3.8, 4) is 0 Å². The topological polar surface area (TPSA) is 12.0 Å². The van der Waals surface area contributed by atoms with Crippen molar-refractivity contribution in [1.29, 1.82) is 0 Å². The van der Waals surface area contributed by atoms with Crippen LogP contribution < -0.4 is 5.32 Å². The van der Waals surface area contributed by atoms with Crippen molar-refractivity contribution in [3.63, 3.8) is 0 Å². The first-order valence-corrected chi connectivity index (χ1v) is 6.34. The highest BCUT2D eigenvalue weighted by Gasteiger charge is 2.12. The molecule has 0 heterocycles. The smallest absolute Gasteiger partial charge is 0.129 e. The van der Waals surface area contributed by atoms with Crippen LogP contribution in [0, 0.1) is 11.6 Å². The van der Waals surface area contributed by atoms with Crippen molar-refractivity contribution in [2.24, 2.45) is 0 Å². The second-order valence-electron chi connectivity index (χ2n) is 4.62. The Morgan fingerprint density at radius 1 is 1.00 bits per heavy atom. The summed E-state index contributed by atoms with van der Waals surface area (Å²) in [6.07, 6.45) is 1.35. The normalized spacial score (nSPS) is 12.4. The van der Waals surface area contributed by atoms with E-state index in [0.29, 0.717) is 12.0 Å². The molecule has 0 saturated heterocycles. The summed E-state index contributed by atoms with van der Waals surface area (Å²) in [6.45, 7) is 0. The van der Waals surface area contributed by atoms with Gasteiger partial charge in [-0.15, -0.1) is 0 Å². The van der Waals surface area contributed by atoms with Crippen molar-refractivity contribution in [3.05, 3.63) is 71.3 Å². The first kappa shape index (κ1) is 13.7. The van der Waals surface area contributed by atoms with Crippen LogP contribution >= 0.6 is 0 Å². The average Bonchev–Trinajstić information content (AvgIpc) is 2.42. The van der Waals surface area contributed by atoms with E-state index in [1.54, 1.807) is 0 Å². The van der Waals surface area contributed by atoms with Gasteiger partial charge in [0.1, 0.15) is 11.6 Å². The molecule has 0 saturated carbocycles. The fraction of sp³-hybridized carbons (Fsp3) is 0.250. The molecule has 0 bridgehead atoms. The summed E-state index contributed by atoms with van der Waals surface area (Å²) >= 11 is 0. The lowest BCUT2D eigenvalue weighted by Crippen LogP contribution is -2.30. The van der Waals surface area contributed by atoms with Gasteiger partial charge in [-0.3, -0.25) is 0 Å². The molecule has 100 valence electrons. The van der Waals surface area contributed by atoms with Gasteiger partial charge in [0.15, 0.2) is 0 Å². The first-order chi connectivity index (χ1) is 9.19. The molecule has 1 nitrogen and oxygen atoms in total. The van der Waals surface area contributed by atoms with E-state index in [0.717, 1.165) is 12.5 Å². The molecule has 0 aliphatic heterocycles. The van der Waals surface area contributed by atoms with Crippen LogP contribution in [0.4, 0.5) is 8.78 Å². The van der Waals surface area contributed by atoms with Gasteiger partial charge in [-0.25, -0.2) is 8.78 Å². The maximum Gasteiger partial charge on any atom is 0.129 e. The Morgan fingerprint density at radius 2 is 1.74 bits per heavy atom. The summed E-state index contributed by atoms with van der Waals surface area (Å²) in [7, 11) is 1.86. The van der Waals surface area contributed by atoms with Crippen molar-refractivity contribution in [2.75, 3.05) is 7.05 Å². The summed E-state index contributed by atoms with van der Waals surface area (Å²) in [4.78, 5) is 0. The summed E-state index contributed by atoms with van der Waals surface area (Å²) < 4.78 is 26.5. The number of hydrogen-bond acceptors (Lipinski definition) is 1. The highest BCUT2D eigenvalue weighted by Crippen LogP contribution is 2.14. The monoisotopic (exact) mass is 261 g/mol. The van der Waals surface area contributed by atoms with E-state index in [2.05, 4.69) is 5.32 Å². The highest BCUT2D eigenvalue weighted by molar-refractivity contribution is 5.21. The molecular formula is C16H17F2N. The van der Waals surface area contributed by atoms with Gasteiger partial charge in [0.05, 0.1) is 0 Å². The number of rotatable bonds is 5. The second-order valence-corrected chi connectivity index (χ2v) is 4.62. The third-order valence-electron chi connectivity index (χ3n) is 3.21. The summed E-state index contributed by atoms with van der Waals surface area (Å²) in [5.74, 6) is -1.02. The first-order valence-electron chi connectivity index (χ1n) is 6.34. The van der Waals surface area contributed by atoms with E-state index in [-0.39, 0.29) is 6.04 Å². The zero-order valence-electron chi connectivity index (χ0n) is 10.9. The lowest BCUT2D eigenvalue weighted by molar-refractivity contribution is 0.524. The highest BCUT2D eigenvalue weighted by atomic mass is 19.1. The van der Waals surface area contributed by atoms with Crippen molar-refractivity contribution < 1.29 is 8.78 Å². The average molecular weight is 261 g/mol. The molecule has 1 unspecified atom stereocenters. The van der Waals surface area contributed by atoms with Crippen LogP contribution in [0.15, 0.2) is 48.5 Å². The van der Waals surface area contributed by atoms with Gasteiger partial charge in [0, 0.05) is 12.1 Å². The maximum absolute atomic E-state index is 13.6. The van der Waals surface area contributed by atoms with Gasteiger partial charge < -0.3 is 5.32 Å². The molecule has 0 amide bonds. The van der Waals surface area contributed by atoms with E-state index in [1.165, 1.54) is 17.7 Å². The van der Waals surface area contributed by atoms with Crippen LogP contribution in [0.3, 0.4) is 0 Å². The Bertz CT molecular complexity index is 526. The third-order valence-corrected chi connectivity index (χ3v) is 3.21. The molecule has 0 aliphatic carbocycles. The third kappa shape index (κ3) is 3.86. The molecule has 0 aliphatic rings. The zero-order valence-corrected chi connectivity index (χ0v) is 10.9. The van der Waals surface area contributed by atoms with Gasteiger partial charge in [-0.2, -0.15) is 0 Å². The fourth-order valence-electron chi connectivity index (χ4n) is 2.13. The molecule has 2 rings (SSSR count). The van der Waals surface area contributed by atoms with Crippen LogP contribution in [-0.2, 0) is 12.8 Å². The molecule has 0 fully saturated rings.